The van der Waals surface area contributed by atoms with Gasteiger partial charge in [0.05, 0.1) is 17.9 Å². The topological polar surface area (TPSA) is 93.4 Å². The largest absolute Gasteiger partial charge is 0.382 e. The van der Waals surface area contributed by atoms with Crippen molar-refractivity contribution in [2.24, 2.45) is 0 Å². The van der Waals surface area contributed by atoms with Crippen molar-refractivity contribution in [1.82, 2.24) is 9.97 Å². The van der Waals surface area contributed by atoms with Gasteiger partial charge in [-0.25, -0.2) is 14.4 Å². The van der Waals surface area contributed by atoms with Crippen molar-refractivity contribution in [3.05, 3.63) is 42.1 Å². The maximum absolute atomic E-state index is 14.5. The zero-order valence-corrected chi connectivity index (χ0v) is 14.1. The van der Waals surface area contributed by atoms with Crippen LogP contribution >= 0.6 is 0 Å². The van der Waals surface area contributed by atoms with E-state index in [0.29, 0.717) is 24.5 Å². The number of nitrogens with one attached hydrogen (secondary N) is 1. The second-order valence-corrected chi connectivity index (χ2v) is 6.07. The third-order valence-electron chi connectivity index (χ3n) is 3.91. The molecule has 1 aliphatic heterocycles. The lowest BCUT2D eigenvalue weighted by molar-refractivity contribution is -0.00539. The third-order valence-corrected chi connectivity index (χ3v) is 3.91. The van der Waals surface area contributed by atoms with Crippen molar-refractivity contribution in [1.29, 1.82) is 0 Å². The average Bonchev–Trinajstić information content (AvgIpc) is 2.54. The fourth-order valence-electron chi connectivity index (χ4n) is 2.93. The minimum Gasteiger partial charge on any atom is -0.382 e. The molecule has 0 saturated carbocycles. The van der Waals surface area contributed by atoms with Crippen LogP contribution in [0.15, 0.2) is 30.6 Å². The number of nitrogens with two attached hydrogens (primary N) is 1. The van der Waals surface area contributed by atoms with Gasteiger partial charge in [0.15, 0.2) is 11.5 Å². The van der Waals surface area contributed by atoms with Gasteiger partial charge in [-0.15, -0.1) is 0 Å². The average molecular weight is 345 g/mol. The molecule has 1 saturated heterocycles. The van der Waals surface area contributed by atoms with E-state index in [1.807, 2.05) is 18.7 Å². The van der Waals surface area contributed by atoms with E-state index in [-0.39, 0.29) is 23.7 Å². The number of carbonyl (C=O) groups is 1. The van der Waals surface area contributed by atoms with Crippen molar-refractivity contribution in [2.75, 3.05) is 29.0 Å². The van der Waals surface area contributed by atoms with Crippen molar-refractivity contribution >= 4 is 23.1 Å². The summed E-state index contributed by atoms with van der Waals surface area (Å²) in [6, 6.07) is 4.58. The first-order valence-electron chi connectivity index (χ1n) is 8.02. The summed E-state index contributed by atoms with van der Waals surface area (Å²) in [6.07, 6.45) is 2.82. The number of amides is 1. The number of hydrogen-bond acceptors (Lipinski definition) is 6. The van der Waals surface area contributed by atoms with Gasteiger partial charge in [0.25, 0.3) is 5.91 Å². The number of carbonyl (C=O) groups excluding carboxylic acids is 1. The Hall–Kier alpha value is -2.74. The molecule has 8 heteroatoms. The summed E-state index contributed by atoms with van der Waals surface area (Å²) in [5.74, 6) is -0.925. The number of halogens is 1. The van der Waals surface area contributed by atoms with Gasteiger partial charge in [0.2, 0.25) is 0 Å². The first-order valence-corrected chi connectivity index (χ1v) is 8.02. The summed E-state index contributed by atoms with van der Waals surface area (Å²) in [6.45, 7) is 5.15. The highest BCUT2D eigenvalue weighted by Gasteiger charge is 2.24. The maximum Gasteiger partial charge on any atom is 0.278 e. The summed E-state index contributed by atoms with van der Waals surface area (Å²) in [4.78, 5) is 21.8. The summed E-state index contributed by atoms with van der Waals surface area (Å²) < 4.78 is 20.2. The van der Waals surface area contributed by atoms with E-state index >= 15 is 0 Å². The first-order chi connectivity index (χ1) is 11.9. The molecule has 0 aliphatic carbocycles. The van der Waals surface area contributed by atoms with Crippen molar-refractivity contribution < 1.29 is 13.9 Å². The van der Waals surface area contributed by atoms with Crippen LogP contribution in [-0.4, -0.2) is 41.2 Å². The molecule has 7 nitrogen and oxygen atoms in total. The molecule has 1 aromatic heterocycles. The molecule has 0 bridgehead atoms. The molecule has 2 aromatic rings. The number of ether oxygens (including phenoxy) is 1. The van der Waals surface area contributed by atoms with Gasteiger partial charge in [-0.3, -0.25) is 4.79 Å². The number of morpholine rings is 1. The number of nitrogen functional groups attached to an aromatic ring is 1. The van der Waals surface area contributed by atoms with Crippen LogP contribution in [0.25, 0.3) is 0 Å². The Labute approximate surface area is 145 Å². The number of anilines is 3. The summed E-state index contributed by atoms with van der Waals surface area (Å²) >= 11 is 0. The molecule has 25 heavy (non-hydrogen) atoms. The van der Waals surface area contributed by atoms with E-state index < -0.39 is 11.7 Å². The smallest absolute Gasteiger partial charge is 0.278 e. The Morgan fingerprint density at radius 1 is 1.28 bits per heavy atom. The van der Waals surface area contributed by atoms with Crippen LogP contribution in [0, 0.1) is 5.82 Å². The lowest BCUT2D eigenvalue weighted by Crippen LogP contribution is -2.45. The number of aromatic nitrogens is 2. The Morgan fingerprint density at radius 3 is 2.60 bits per heavy atom. The third kappa shape index (κ3) is 3.85. The SMILES string of the molecule is CC1CN(c2ccc(NC(=O)c3nccnc3N)cc2F)CC(C)O1. The van der Waals surface area contributed by atoms with Gasteiger partial charge in [-0.2, -0.15) is 0 Å². The molecule has 3 rings (SSSR count). The van der Waals surface area contributed by atoms with Crippen LogP contribution in [0.1, 0.15) is 24.3 Å². The molecule has 1 aromatic carbocycles. The zero-order chi connectivity index (χ0) is 18.0. The number of hydrogen-bond donors (Lipinski definition) is 2. The van der Waals surface area contributed by atoms with E-state index in [1.165, 1.54) is 18.5 Å². The van der Waals surface area contributed by atoms with Crippen molar-refractivity contribution in [3.8, 4) is 0 Å². The van der Waals surface area contributed by atoms with Crippen LogP contribution in [0.2, 0.25) is 0 Å². The highest BCUT2D eigenvalue weighted by atomic mass is 19.1. The Balaban J connectivity index is 1.76. The summed E-state index contributed by atoms with van der Waals surface area (Å²) in [7, 11) is 0. The predicted molar refractivity (Wildman–Crippen MR) is 93.0 cm³/mol. The second-order valence-electron chi connectivity index (χ2n) is 6.07. The second kappa shape index (κ2) is 7.02. The Bertz CT molecular complexity index is 775. The van der Waals surface area contributed by atoms with Crippen molar-refractivity contribution in [2.45, 2.75) is 26.1 Å². The van der Waals surface area contributed by atoms with E-state index in [0.717, 1.165) is 0 Å². The Kier molecular flexibility index (Phi) is 4.80. The molecule has 1 amide bonds. The highest BCUT2D eigenvalue weighted by Crippen LogP contribution is 2.26. The molecule has 132 valence electrons. The molecule has 2 atom stereocenters. The standard InChI is InChI=1S/C17H20FN5O2/c1-10-8-23(9-11(2)25-10)14-4-3-12(7-13(14)18)22-17(24)15-16(19)21-6-5-20-15/h3-7,10-11H,8-9H2,1-2H3,(H2,19,21)(H,22,24). The van der Waals surface area contributed by atoms with Crippen LogP contribution in [0.5, 0.6) is 0 Å². The number of nitrogens with zero attached hydrogens (tertiary/aromatic N) is 3. The van der Waals surface area contributed by atoms with Crippen LogP contribution in [-0.2, 0) is 4.74 Å². The molecule has 2 unspecified atom stereocenters. The van der Waals surface area contributed by atoms with E-state index in [9.17, 15) is 9.18 Å². The molecular weight excluding hydrogens is 325 g/mol. The van der Waals surface area contributed by atoms with E-state index in [1.54, 1.807) is 12.1 Å². The lowest BCUT2D eigenvalue weighted by atomic mass is 10.2. The zero-order valence-electron chi connectivity index (χ0n) is 14.1. The quantitative estimate of drug-likeness (QED) is 0.884. The monoisotopic (exact) mass is 345 g/mol. The van der Waals surface area contributed by atoms with Crippen LogP contribution < -0.4 is 16.0 Å². The van der Waals surface area contributed by atoms with Gasteiger partial charge in [-0.1, -0.05) is 0 Å². The van der Waals surface area contributed by atoms with Gasteiger partial charge in [-0.05, 0) is 32.0 Å². The molecule has 1 fully saturated rings. The minimum absolute atomic E-state index is 0.00261. The van der Waals surface area contributed by atoms with Crippen molar-refractivity contribution in [3.63, 3.8) is 0 Å². The molecule has 0 spiro atoms. The van der Waals surface area contributed by atoms with Gasteiger partial charge in [0.1, 0.15) is 5.82 Å². The normalized spacial score (nSPS) is 20.4. The summed E-state index contributed by atoms with van der Waals surface area (Å²) in [5, 5.41) is 2.58. The molecule has 3 N–H and O–H groups in total. The van der Waals surface area contributed by atoms with Gasteiger partial charge in [0, 0.05) is 31.2 Å². The fourth-order valence-corrected chi connectivity index (χ4v) is 2.93. The van der Waals surface area contributed by atoms with E-state index in [2.05, 4.69) is 15.3 Å². The maximum atomic E-state index is 14.5. The Morgan fingerprint density at radius 2 is 1.96 bits per heavy atom. The predicted octanol–water partition coefficient (Wildman–Crippen LogP) is 2.06. The first kappa shape index (κ1) is 17.1. The number of rotatable bonds is 3. The van der Waals surface area contributed by atoms with Gasteiger partial charge >= 0.3 is 0 Å². The lowest BCUT2D eigenvalue weighted by Gasteiger charge is -2.37. The summed E-state index contributed by atoms with van der Waals surface area (Å²) in [5.41, 5.74) is 6.44. The molecular formula is C17H20FN5O2. The number of benzene rings is 1. The molecule has 2 heterocycles. The molecule has 1 aliphatic rings. The van der Waals surface area contributed by atoms with Gasteiger partial charge < -0.3 is 20.7 Å². The highest BCUT2D eigenvalue weighted by molar-refractivity contribution is 6.05. The minimum atomic E-state index is -0.536. The van der Waals surface area contributed by atoms with Crippen LogP contribution in [0.3, 0.4) is 0 Å². The fraction of sp³-hybridized carbons (Fsp3) is 0.353. The van der Waals surface area contributed by atoms with Crippen LogP contribution in [0.4, 0.5) is 21.6 Å². The van der Waals surface area contributed by atoms with E-state index in [4.69, 9.17) is 10.5 Å². The molecule has 0 radical (unpaired) electrons.